The molecule has 3 heteroatoms. The highest BCUT2D eigenvalue weighted by molar-refractivity contribution is 14.1. The summed E-state index contributed by atoms with van der Waals surface area (Å²) in [5.41, 5.74) is 0.508. The van der Waals surface area contributed by atoms with Gasteiger partial charge in [-0.15, -0.1) is 0 Å². The van der Waals surface area contributed by atoms with Gasteiger partial charge in [-0.05, 0) is 25.8 Å². The van der Waals surface area contributed by atoms with E-state index in [2.05, 4.69) is 27.9 Å². The second kappa shape index (κ2) is 3.80. The largest absolute Gasteiger partial charge is 0.377 e. The van der Waals surface area contributed by atoms with Crippen LogP contribution in [-0.4, -0.2) is 30.2 Å². The topological polar surface area (TPSA) is 21.3 Å². The molecule has 2 nitrogen and oxygen atoms in total. The Kier molecular flexibility index (Phi) is 2.92. The Morgan fingerprint density at radius 3 is 3.08 bits per heavy atom. The van der Waals surface area contributed by atoms with Crippen molar-refractivity contribution < 1.29 is 4.74 Å². The second-order valence-electron chi connectivity index (χ2n) is 4.07. The molecule has 2 aliphatic heterocycles. The fourth-order valence-corrected chi connectivity index (χ4v) is 2.89. The molecule has 0 aromatic rings. The van der Waals surface area contributed by atoms with Crippen molar-refractivity contribution in [1.82, 2.24) is 5.32 Å². The van der Waals surface area contributed by atoms with Gasteiger partial charge in [-0.1, -0.05) is 22.6 Å². The third-order valence-electron chi connectivity index (χ3n) is 3.02. The van der Waals surface area contributed by atoms with Gasteiger partial charge < -0.3 is 10.1 Å². The molecule has 2 fully saturated rings. The zero-order chi connectivity index (χ0) is 8.44. The van der Waals surface area contributed by atoms with E-state index in [-0.39, 0.29) is 0 Å². The lowest BCUT2D eigenvalue weighted by atomic mass is 9.79. The van der Waals surface area contributed by atoms with Crippen molar-refractivity contribution in [2.24, 2.45) is 5.41 Å². The number of alkyl halides is 1. The van der Waals surface area contributed by atoms with Crippen LogP contribution in [0.15, 0.2) is 0 Å². The van der Waals surface area contributed by atoms with Crippen LogP contribution in [0.2, 0.25) is 0 Å². The molecule has 2 unspecified atom stereocenters. The van der Waals surface area contributed by atoms with Crippen molar-refractivity contribution in [1.29, 1.82) is 0 Å². The van der Waals surface area contributed by atoms with Crippen LogP contribution in [0.1, 0.15) is 19.3 Å². The Morgan fingerprint density at radius 2 is 2.50 bits per heavy atom. The summed E-state index contributed by atoms with van der Waals surface area (Å²) in [6, 6.07) is 0. The Labute approximate surface area is 87.6 Å². The first-order valence-corrected chi connectivity index (χ1v) is 6.26. The molecule has 2 rings (SSSR count). The lowest BCUT2D eigenvalue weighted by Crippen LogP contribution is -2.40. The molecule has 1 N–H and O–H groups in total. The number of halogens is 1. The van der Waals surface area contributed by atoms with Gasteiger partial charge in [0.05, 0.1) is 12.7 Å². The Balaban J connectivity index is 1.94. The molecule has 0 aromatic carbocycles. The Morgan fingerprint density at radius 1 is 1.58 bits per heavy atom. The molecule has 2 aliphatic rings. The average Bonchev–Trinajstić information content (AvgIpc) is 2.50. The predicted octanol–water partition coefficient (Wildman–Crippen LogP) is 1.58. The number of piperidine rings is 1. The molecule has 0 saturated carbocycles. The van der Waals surface area contributed by atoms with Gasteiger partial charge in [0.2, 0.25) is 0 Å². The van der Waals surface area contributed by atoms with E-state index in [1.54, 1.807) is 0 Å². The minimum atomic E-state index is 0.508. The SMILES string of the molecule is ICC1CC2(CCCNC2)CO1. The van der Waals surface area contributed by atoms with Crippen LogP contribution >= 0.6 is 22.6 Å². The third-order valence-corrected chi connectivity index (χ3v) is 4.00. The number of hydrogen-bond acceptors (Lipinski definition) is 2. The second-order valence-corrected chi connectivity index (χ2v) is 4.95. The van der Waals surface area contributed by atoms with Crippen LogP contribution in [0.3, 0.4) is 0 Å². The summed E-state index contributed by atoms with van der Waals surface area (Å²) in [7, 11) is 0. The maximum absolute atomic E-state index is 5.75. The minimum absolute atomic E-state index is 0.508. The van der Waals surface area contributed by atoms with Crippen molar-refractivity contribution in [3.8, 4) is 0 Å². The van der Waals surface area contributed by atoms with Crippen LogP contribution in [0.4, 0.5) is 0 Å². The molecule has 2 heterocycles. The maximum Gasteiger partial charge on any atom is 0.0671 e. The third kappa shape index (κ3) is 1.77. The summed E-state index contributed by atoms with van der Waals surface area (Å²) >= 11 is 2.42. The lowest BCUT2D eigenvalue weighted by Gasteiger charge is -2.32. The highest BCUT2D eigenvalue weighted by Gasteiger charge is 2.40. The summed E-state index contributed by atoms with van der Waals surface area (Å²) in [4.78, 5) is 0. The smallest absolute Gasteiger partial charge is 0.0671 e. The van der Waals surface area contributed by atoms with Crippen LogP contribution in [0.25, 0.3) is 0 Å². The fraction of sp³-hybridized carbons (Fsp3) is 1.00. The molecule has 0 radical (unpaired) electrons. The summed E-state index contributed by atoms with van der Waals surface area (Å²) < 4.78 is 6.90. The number of rotatable bonds is 1. The van der Waals surface area contributed by atoms with E-state index in [1.165, 1.54) is 32.4 Å². The van der Waals surface area contributed by atoms with E-state index in [0.717, 1.165) is 11.0 Å². The molecule has 1 spiro atoms. The van der Waals surface area contributed by atoms with Crippen molar-refractivity contribution in [3.63, 3.8) is 0 Å². The van der Waals surface area contributed by atoms with Crippen molar-refractivity contribution in [3.05, 3.63) is 0 Å². The number of nitrogens with one attached hydrogen (secondary N) is 1. The monoisotopic (exact) mass is 281 g/mol. The summed E-state index contributed by atoms with van der Waals surface area (Å²) in [6.07, 6.45) is 4.51. The standard InChI is InChI=1S/C9H16INO/c10-5-8-4-9(7-12-8)2-1-3-11-6-9/h8,11H,1-7H2. The maximum atomic E-state index is 5.75. The van der Waals surface area contributed by atoms with Gasteiger partial charge in [-0.25, -0.2) is 0 Å². The van der Waals surface area contributed by atoms with E-state index in [4.69, 9.17) is 4.74 Å². The fourth-order valence-electron chi connectivity index (χ4n) is 2.32. The van der Waals surface area contributed by atoms with E-state index in [9.17, 15) is 0 Å². The van der Waals surface area contributed by atoms with Gasteiger partial charge in [0.15, 0.2) is 0 Å². The van der Waals surface area contributed by atoms with Gasteiger partial charge in [-0.3, -0.25) is 0 Å². The average molecular weight is 281 g/mol. The minimum Gasteiger partial charge on any atom is -0.377 e. The molecule has 2 atom stereocenters. The zero-order valence-corrected chi connectivity index (χ0v) is 9.47. The number of ether oxygens (including phenoxy) is 1. The van der Waals surface area contributed by atoms with Gasteiger partial charge >= 0.3 is 0 Å². The predicted molar refractivity (Wildman–Crippen MR) is 57.8 cm³/mol. The summed E-state index contributed by atoms with van der Waals surface area (Å²) in [5, 5.41) is 3.48. The summed E-state index contributed by atoms with van der Waals surface area (Å²) in [6.45, 7) is 3.38. The van der Waals surface area contributed by atoms with Gasteiger partial charge in [-0.2, -0.15) is 0 Å². The Hall–Kier alpha value is 0.650. The van der Waals surface area contributed by atoms with Crippen molar-refractivity contribution in [2.45, 2.75) is 25.4 Å². The van der Waals surface area contributed by atoms with E-state index >= 15 is 0 Å². The van der Waals surface area contributed by atoms with E-state index < -0.39 is 0 Å². The molecular weight excluding hydrogens is 265 g/mol. The highest BCUT2D eigenvalue weighted by Crippen LogP contribution is 2.38. The van der Waals surface area contributed by atoms with Gasteiger partial charge in [0, 0.05) is 16.4 Å². The molecule has 0 amide bonds. The highest BCUT2D eigenvalue weighted by atomic mass is 127. The first-order valence-electron chi connectivity index (χ1n) is 4.73. The van der Waals surface area contributed by atoms with E-state index in [1.807, 2.05) is 0 Å². The first kappa shape index (κ1) is 9.21. The molecule has 0 aromatic heterocycles. The first-order chi connectivity index (χ1) is 5.85. The van der Waals surface area contributed by atoms with Gasteiger partial charge in [0.1, 0.15) is 0 Å². The Bertz CT molecular complexity index is 157. The van der Waals surface area contributed by atoms with Crippen LogP contribution in [0, 0.1) is 5.41 Å². The van der Waals surface area contributed by atoms with Crippen LogP contribution < -0.4 is 5.32 Å². The molecular formula is C9H16INO. The van der Waals surface area contributed by atoms with Crippen molar-refractivity contribution in [2.75, 3.05) is 24.1 Å². The van der Waals surface area contributed by atoms with Gasteiger partial charge in [0.25, 0.3) is 0 Å². The zero-order valence-electron chi connectivity index (χ0n) is 7.31. The molecule has 0 aliphatic carbocycles. The molecule has 70 valence electrons. The molecule has 2 saturated heterocycles. The van der Waals surface area contributed by atoms with Crippen LogP contribution in [-0.2, 0) is 4.74 Å². The number of hydrogen-bond donors (Lipinski definition) is 1. The van der Waals surface area contributed by atoms with Crippen LogP contribution in [0.5, 0.6) is 0 Å². The van der Waals surface area contributed by atoms with Crippen molar-refractivity contribution >= 4 is 22.6 Å². The summed E-state index contributed by atoms with van der Waals surface area (Å²) in [5.74, 6) is 0. The van der Waals surface area contributed by atoms with E-state index in [0.29, 0.717) is 11.5 Å². The normalized spacial score (nSPS) is 42.2. The molecule has 0 bridgehead atoms. The molecule has 12 heavy (non-hydrogen) atoms. The quantitative estimate of drug-likeness (QED) is 0.582. The lowest BCUT2D eigenvalue weighted by molar-refractivity contribution is 0.100.